The summed E-state index contributed by atoms with van der Waals surface area (Å²) in [5.41, 5.74) is 2.72. The second-order valence-electron chi connectivity index (χ2n) is 7.35. The van der Waals surface area contributed by atoms with E-state index in [-0.39, 0.29) is 11.8 Å². The Balaban J connectivity index is 1.47. The number of nitrogens with zero attached hydrogens (tertiary/aromatic N) is 2. The summed E-state index contributed by atoms with van der Waals surface area (Å²) in [5.74, 6) is 0.967. The number of furan rings is 1. The van der Waals surface area contributed by atoms with Crippen molar-refractivity contribution in [3.63, 3.8) is 0 Å². The van der Waals surface area contributed by atoms with Crippen LogP contribution in [0.1, 0.15) is 34.5 Å². The SMILES string of the molecule is CNCC1CCN(C(=O)c2occc2CN2C(=O)Cc3ccccc32)CC1. The van der Waals surface area contributed by atoms with Gasteiger partial charge in [0.1, 0.15) is 0 Å². The molecule has 1 N–H and O–H groups in total. The largest absolute Gasteiger partial charge is 0.459 e. The molecule has 1 aromatic heterocycles. The van der Waals surface area contributed by atoms with Crippen molar-refractivity contribution in [2.75, 3.05) is 31.6 Å². The standard InChI is InChI=1S/C21H25N3O3/c1-22-13-15-6-9-23(10-7-15)21(26)20-17(8-11-27-20)14-24-18-5-3-2-4-16(18)12-19(24)25/h2-5,8,11,15,22H,6-7,9-10,12-14H2,1H3. The molecule has 0 radical (unpaired) electrons. The molecular weight excluding hydrogens is 342 g/mol. The molecule has 6 heteroatoms. The lowest BCUT2D eigenvalue weighted by atomic mass is 9.96. The van der Waals surface area contributed by atoms with E-state index in [0.29, 0.717) is 24.6 Å². The molecule has 0 saturated carbocycles. The fourth-order valence-corrected chi connectivity index (χ4v) is 4.08. The van der Waals surface area contributed by atoms with Gasteiger partial charge in [-0.25, -0.2) is 0 Å². The number of nitrogens with one attached hydrogen (secondary N) is 1. The third-order valence-corrected chi connectivity index (χ3v) is 5.59. The molecule has 2 amide bonds. The van der Waals surface area contributed by atoms with Gasteiger partial charge in [-0.15, -0.1) is 0 Å². The Kier molecular flexibility index (Phi) is 4.99. The molecule has 0 unspecified atom stereocenters. The highest BCUT2D eigenvalue weighted by atomic mass is 16.3. The van der Waals surface area contributed by atoms with Crippen molar-refractivity contribution < 1.29 is 14.0 Å². The number of piperidine rings is 1. The summed E-state index contributed by atoms with van der Waals surface area (Å²) in [6.45, 7) is 2.85. The maximum Gasteiger partial charge on any atom is 0.289 e. The van der Waals surface area contributed by atoms with Crippen LogP contribution in [-0.4, -0.2) is 43.4 Å². The number of carbonyl (C=O) groups is 2. The number of rotatable bonds is 5. The van der Waals surface area contributed by atoms with Crippen LogP contribution in [0.15, 0.2) is 41.0 Å². The molecule has 2 aliphatic rings. The van der Waals surface area contributed by atoms with Crippen molar-refractivity contribution in [3.05, 3.63) is 53.5 Å². The smallest absolute Gasteiger partial charge is 0.289 e. The predicted molar refractivity (Wildman–Crippen MR) is 103 cm³/mol. The van der Waals surface area contributed by atoms with Gasteiger partial charge in [0, 0.05) is 24.3 Å². The molecule has 27 heavy (non-hydrogen) atoms. The van der Waals surface area contributed by atoms with Crippen LogP contribution >= 0.6 is 0 Å². The fraction of sp³-hybridized carbons (Fsp3) is 0.429. The van der Waals surface area contributed by atoms with Gasteiger partial charge in [0.2, 0.25) is 5.91 Å². The van der Waals surface area contributed by atoms with E-state index in [4.69, 9.17) is 4.42 Å². The number of likely N-dealkylation sites (tertiary alicyclic amines) is 1. The van der Waals surface area contributed by atoms with Crippen LogP contribution in [0.25, 0.3) is 0 Å². The van der Waals surface area contributed by atoms with Crippen LogP contribution in [-0.2, 0) is 17.8 Å². The molecule has 142 valence electrons. The fourth-order valence-electron chi connectivity index (χ4n) is 4.08. The van der Waals surface area contributed by atoms with Crippen LogP contribution in [0.4, 0.5) is 5.69 Å². The van der Waals surface area contributed by atoms with E-state index in [0.717, 1.165) is 49.3 Å². The summed E-state index contributed by atoms with van der Waals surface area (Å²) in [7, 11) is 1.96. The lowest BCUT2D eigenvalue weighted by Crippen LogP contribution is -2.40. The van der Waals surface area contributed by atoms with Gasteiger partial charge in [-0.3, -0.25) is 9.59 Å². The molecule has 0 aliphatic carbocycles. The van der Waals surface area contributed by atoms with E-state index in [2.05, 4.69) is 5.32 Å². The predicted octanol–water partition coefficient (Wildman–Crippen LogP) is 2.44. The summed E-state index contributed by atoms with van der Waals surface area (Å²) in [5, 5.41) is 3.21. The molecule has 1 aromatic carbocycles. The van der Waals surface area contributed by atoms with E-state index in [1.165, 1.54) is 0 Å². The Labute approximate surface area is 159 Å². The first-order chi connectivity index (χ1) is 13.2. The summed E-state index contributed by atoms with van der Waals surface area (Å²) < 4.78 is 5.55. The zero-order valence-corrected chi connectivity index (χ0v) is 15.6. The summed E-state index contributed by atoms with van der Waals surface area (Å²) >= 11 is 0. The Hall–Kier alpha value is -2.60. The Morgan fingerprint density at radius 3 is 2.78 bits per heavy atom. The first-order valence-electron chi connectivity index (χ1n) is 9.56. The second-order valence-corrected chi connectivity index (χ2v) is 7.35. The van der Waals surface area contributed by atoms with Crippen molar-refractivity contribution in [2.45, 2.75) is 25.8 Å². The van der Waals surface area contributed by atoms with Gasteiger partial charge in [0.05, 0.1) is 19.2 Å². The molecular formula is C21H25N3O3. The van der Waals surface area contributed by atoms with Crippen molar-refractivity contribution in [1.82, 2.24) is 10.2 Å². The first-order valence-corrected chi connectivity index (χ1v) is 9.56. The van der Waals surface area contributed by atoms with Gasteiger partial charge in [-0.05, 0) is 50.0 Å². The number of hydrogen-bond acceptors (Lipinski definition) is 4. The quantitative estimate of drug-likeness (QED) is 0.882. The van der Waals surface area contributed by atoms with E-state index in [9.17, 15) is 9.59 Å². The summed E-state index contributed by atoms with van der Waals surface area (Å²) in [6.07, 6.45) is 3.96. The molecule has 1 fully saturated rings. The average molecular weight is 367 g/mol. The number of hydrogen-bond donors (Lipinski definition) is 1. The minimum absolute atomic E-state index is 0.0590. The molecule has 3 heterocycles. The molecule has 4 rings (SSSR count). The molecule has 0 spiro atoms. The van der Waals surface area contributed by atoms with Crippen molar-refractivity contribution in [1.29, 1.82) is 0 Å². The van der Waals surface area contributed by atoms with Gasteiger partial charge in [-0.2, -0.15) is 0 Å². The lowest BCUT2D eigenvalue weighted by molar-refractivity contribution is -0.117. The summed E-state index contributed by atoms with van der Waals surface area (Å²) in [6, 6.07) is 9.61. The van der Waals surface area contributed by atoms with Gasteiger partial charge in [0.25, 0.3) is 5.91 Å². The number of para-hydroxylation sites is 1. The molecule has 1 saturated heterocycles. The van der Waals surface area contributed by atoms with Crippen molar-refractivity contribution >= 4 is 17.5 Å². The molecule has 2 aliphatic heterocycles. The van der Waals surface area contributed by atoms with E-state index in [1.54, 1.807) is 17.2 Å². The second kappa shape index (κ2) is 7.56. The maximum absolute atomic E-state index is 13.0. The Bertz CT molecular complexity index is 837. The maximum atomic E-state index is 13.0. The van der Waals surface area contributed by atoms with Crippen LogP contribution in [0.5, 0.6) is 0 Å². The normalized spacial score (nSPS) is 17.4. The van der Waals surface area contributed by atoms with Gasteiger partial charge >= 0.3 is 0 Å². The zero-order valence-electron chi connectivity index (χ0n) is 15.6. The molecule has 0 bridgehead atoms. The van der Waals surface area contributed by atoms with E-state index in [1.807, 2.05) is 36.2 Å². The van der Waals surface area contributed by atoms with E-state index < -0.39 is 0 Å². The minimum Gasteiger partial charge on any atom is -0.459 e. The monoisotopic (exact) mass is 367 g/mol. The van der Waals surface area contributed by atoms with Crippen molar-refractivity contribution in [3.8, 4) is 0 Å². The van der Waals surface area contributed by atoms with Gasteiger partial charge in [0.15, 0.2) is 5.76 Å². The minimum atomic E-state index is -0.0714. The third-order valence-electron chi connectivity index (χ3n) is 5.59. The van der Waals surface area contributed by atoms with Crippen LogP contribution in [0.2, 0.25) is 0 Å². The number of amides is 2. The summed E-state index contributed by atoms with van der Waals surface area (Å²) in [4.78, 5) is 29.0. The number of benzene rings is 1. The molecule has 0 atom stereocenters. The first kappa shape index (κ1) is 17.8. The molecule has 2 aromatic rings. The zero-order chi connectivity index (χ0) is 18.8. The van der Waals surface area contributed by atoms with Crippen molar-refractivity contribution in [2.24, 2.45) is 5.92 Å². The van der Waals surface area contributed by atoms with Gasteiger partial charge in [-0.1, -0.05) is 18.2 Å². The highest BCUT2D eigenvalue weighted by molar-refractivity contribution is 6.01. The number of anilines is 1. The molecule has 6 nitrogen and oxygen atoms in total. The van der Waals surface area contributed by atoms with Gasteiger partial charge < -0.3 is 19.5 Å². The lowest BCUT2D eigenvalue weighted by Gasteiger charge is -2.31. The van der Waals surface area contributed by atoms with Crippen LogP contribution in [0.3, 0.4) is 0 Å². The average Bonchev–Trinajstić information content (AvgIpc) is 3.27. The highest BCUT2D eigenvalue weighted by Crippen LogP contribution is 2.31. The topological polar surface area (TPSA) is 65.8 Å². The Morgan fingerprint density at radius 1 is 1.22 bits per heavy atom. The van der Waals surface area contributed by atoms with Crippen LogP contribution < -0.4 is 10.2 Å². The third kappa shape index (κ3) is 3.49. The van der Waals surface area contributed by atoms with E-state index >= 15 is 0 Å². The highest BCUT2D eigenvalue weighted by Gasteiger charge is 2.31. The van der Waals surface area contributed by atoms with Crippen LogP contribution in [0, 0.1) is 5.92 Å². The Morgan fingerprint density at radius 2 is 2.00 bits per heavy atom. The number of fused-ring (bicyclic) bond motifs is 1. The number of carbonyl (C=O) groups excluding carboxylic acids is 2.